The maximum absolute atomic E-state index is 9.09. The fraction of sp³-hybridized carbons (Fsp3) is 0.625. The van der Waals surface area contributed by atoms with Crippen LogP contribution in [-0.4, -0.2) is 21.8 Å². The lowest BCUT2D eigenvalue weighted by molar-refractivity contribution is 0.0901. The Morgan fingerprint density at radius 3 is 2.75 bits per heavy atom. The van der Waals surface area contributed by atoms with Gasteiger partial charge in [0.15, 0.2) is 0 Å². The number of nitrogens with zero attached hydrogens (tertiary/aromatic N) is 2. The van der Waals surface area contributed by atoms with Crippen LogP contribution in [0.5, 0.6) is 5.88 Å². The van der Waals surface area contributed by atoms with Gasteiger partial charge in [0.25, 0.3) is 0 Å². The predicted molar refractivity (Wildman–Crippen MR) is 44.9 cm³/mol. The lowest BCUT2D eigenvalue weighted by Gasteiger charge is -2.11. The van der Waals surface area contributed by atoms with E-state index in [0.29, 0.717) is 0 Å². The maximum Gasteiger partial charge on any atom is 0.229 e. The normalized spacial score (nSPS) is 13.2. The molecule has 0 amide bonds. The highest BCUT2D eigenvalue weighted by Gasteiger charge is 2.14. The van der Waals surface area contributed by atoms with Crippen molar-refractivity contribution in [1.29, 1.82) is 0 Å². The Bertz CT molecular complexity index is 254. The molecule has 4 heteroatoms. The molecule has 1 aromatic heterocycles. The molecule has 0 radical (unpaired) electrons. The van der Waals surface area contributed by atoms with Crippen LogP contribution in [0, 0.1) is 0 Å². The number of hydrogen-bond acceptors (Lipinski definition) is 3. The Kier molecular flexibility index (Phi) is 2.70. The number of aryl methyl sites for hydroxylation is 1. The molecule has 1 N–H and O–H groups in total. The molecule has 0 saturated carbocycles. The van der Waals surface area contributed by atoms with Crippen LogP contribution < -0.4 is 0 Å². The van der Waals surface area contributed by atoms with E-state index in [2.05, 4.69) is 4.98 Å². The van der Waals surface area contributed by atoms with E-state index in [1.54, 1.807) is 17.9 Å². The molecular weight excluding hydrogens is 156 g/mol. The number of aromatic hydroxyl groups is 1. The molecular formula is C8H14N2O2. The molecule has 1 heterocycles. The highest BCUT2D eigenvalue weighted by atomic mass is 16.5. The molecule has 12 heavy (non-hydrogen) atoms. The molecule has 0 aliphatic carbocycles. The Labute approximate surface area is 71.8 Å². The van der Waals surface area contributed by atoms with Gasteiger partial charge in [0.2, 0.25) is 5.88 Å². The predicted octanol–water partition coefficient (Wildman–Crippen LogP) is 1.22. The smallest absolute Gasteiger partial charge is 0.229 e. The Hall–Kier alpha value is -1.03. The van der Waals surface area contributed by atoms with E-state index in [9.17, 15) is 0 Å². The summed E-state index contributed by atoms with van der Waals surface area (Å²) in [7, 11) is 3.48. The first-order chi connectivity index (χ1) is 5.69. The van der Waals surface area contributed by atoms with Gasteiger partial charge in [-0.1, -0.05) is 6.92 Å². The van der Waals surface area contributed by atoms with Crippen molar-refractivity contribution >= 4 is 0 Å². The molecule has 0 aliphatic heterocycles. The second-order valence-electron chi connectivity index (χ2n) is 2.70. The molecule has 0 aliphatic rings. The average Bonchev–Trinajstić information content (AvgIpc) is 2.34. The number of methoxy groups -OCH3 is 1. The van der Waals surface area contributed by atoms with Gasteiger partial charge < -0.3 is 14.4 Å². The van der Waals surface area contributed by atoms with Gasteiger partial charge >= 0.3 is 0 Å². The van der Waals surface area contributed by atoms with Crippen LogP contribution in [0.15, 0.2) is 6.20 Å². The summed E-state index contributed by atoms with van der Waals surface area (Å²) in [5.74, 6) is 0.806. The Morgan fingerprint density at radius 1 is 1.75 bits per heavy atom. The Morgan fingerprint density at radius 2 is 2.42 bits per heavy atom. The van der Waals surface area contributed by atoms with Crippen molar-refractivity contribution in [3.8, 4) is 5.88 Å². The highest BCUT2D eigenvalue weighted by molar-refractivity contribution is 5.09. The van der Waals surface area contributed by atoms with Gasteiger partial charge in [0.1, 0.15) is 11.9 Å². The third kappa shape index (κ3) is 1.58. The minimum Gasteiger partial charge on any atom is -0.492 e. The van der Waals surface area contributed by atoms with Crippen molar-refractivity contribution in [2.45, 2.75) is 19.4 Å². The minimum atomic E-state index is -0.0316. The summed E-state index contributed by atoms with van der Waals surface area (Å²) < 4.78 is 6.96. The largest absolute Gasteiger partial charge is 0.492 e. The first-order valence-corrected chi connectivity index (χ1v) is 3.94. The highest BCUT2D eigenvalue weighted by Crippen LogP contribution is 2.20. The number of ether oxygens (including phenoxy) is 1. The summed E-state index contributed by atoms with van der Waals surface area (Å²) >= 11 is 0. The second kappa shape index (κ2) is 3.58. The third-order valence-corrected chi connectivity index (χ3v) is 1.84. The standard InChI is InChI=1S/C8H14N2O2/c1-4-6(12-3)8-9-7(11)5-10(8)2/h5-6,11H,4H2,1-3H3. The van der Waals surface area contributed by atoms with Crippen molar-refractivity contribution < 1.29 is 9.84 Å². The van der Waals surface area contributed by atoms with Gasteiger partial charge in [-0.05, 0) is 6.42 Å². The number of rotatable bonds is 3. The molecule has 1 atom stereocenters. The SMILES string of the molecule is CCC(OC)c1nc(O)cn1C. The topological polar surface area (TPSA) is 47.3 Å². The van der Waals surface area contributed by atoms with E-state index >= 15 is 0 Å². The number of aromatic nitrogens is 2. The molecule has 0 aromatic carbocycles. The first-order valence-electron chi connectivity index (χ1n) is 3.94. The molecule has 0 spiro atoms. The van der Waals surface area contributed by atoms with Crippen LogP contribution >= 0.6 is 0 Å². The van der Waals surface area contributed by atoms with Gasteiger partial charge in [-0.2, -0.15) is 4.98 Å². The fourth-order valence-electron chi connectivity index (χ4n) is 1.22. The van der Waals surface area contributed by atoms with Crippen molar-refractivity contribution in [3.63, 3.8) is 0 Å². The van der Waals surface area contributed by atoms with Gasteiger partial charge in [-0.25, -0.2) is 0 Å². The van der Waals surface area contributed by atoms with Crippen molar-refractivity contribution in [2.24, 2.45) is 7.05 Å². The molecule has 4 nitrogen and oxygen atoms in total. The van der Waals surface area contributed by atoms with E-state index < -0.39 is 0 Å². The number of imidazole rings is 1. The quantitative estimate of drug-likeness (QED) is 0.742. The summed E-state index contributed by atoms with van der Waals surface area (Å²) in [5.41, 5.74) is 0. The third-order valence-electron chi connectivity index (χ3n) is 1.84. The second-order valence-corrected chi connectivity index (χ2v) is 2.70. The van der Waals surface area contributed by atoms with Gasteiger partial charge in [0.05, 0.1) is 6.20 Å². The zero-order valence-electron chi connectivity index (χ0n) is 7.61. The van der Waals surface area contributed by atoms with Crippen LogP contribution in [0.25, 0.3) is 0 Å². The molecule has 0 bridgehead atoms. The van der Waals surface area contributed by atoms with Crippen molar-refractivity contribution in [2.75, 3.05) is 7.11 Å². The van der Waals surface area contributed by atoms with E-state index in [0.717, 1.165) is 12.2 Å². The number of hydrogen-bond donors (Lipinski definition) is 1. The zero-order valence-corrected chi connectivity index (χ0v) is 7.61. The van der Waals surface area contributed by atoms with E-state index in [-0.39, 0.29) is 12.0 Å². The van der Waals surface area contributed by atoms with Crippen molar-refractivity contribution in [1.82, 2.24) is 9.55 Å². The van der Waals surface area contributed by atoms with Crippen LogP contribution in [0.4, 0.5) is 0 Å². The lowest BCUT2D eigenvalue weighted by atomic mass is 10.2. The summed E-state index contributed by atoms with van der Waals surface area (Å²) in [5, 5.41) is 9.09. The molecule has 1 unspecified atom stereocenters. The van der Waals surface area contributed by atoms with E-state index in [1.165, 1.54) is 0 Å². The fourth-order valence-corrected chi connectivity index (χ4v) is 1.22. The first kappa shape index (κ1) is 9.06. The Balaban J connectivity index is 2.91. The average molecular weight is 170 g/mol. The van der Waals surface area contributed by atoms with E-state index in [1.807, 2.05) is 14.0 Å². The molecule has 1 aromatic rings. The monoisotopic (exact) mass is 170 g/mol. The molecule has 0 saturated heterocycles. The molecule has 0 fully saturated rings. The summed E-state index contributed by atoms with van der Waals surface area (Å²) in [6, 6.07) is 0. The summed E-state index contributed by atoms with van der Waals surface area (Å²) in [4.78, 5) is 3.95. The molecule has 68 valence electrons. The van der Waals surface area contributed by atoms with Crippen LogP contribution in [0.1, 0.15) is 25.3 Å². The van der Waals surface area contributed by atoms with Crippen LogP contribution in [-0.2, 0) is 11.8 Å². The van der Waals surface area contributed by atoms with Crippen LogP contribution in [0.3, 0.4) is 0 Å². The van der Waals surface area contributed by atoms with E-state index in [4.69, 9.17) is 9.84 Å². The summed E-state index contributed by atoms with van der Waals surface area (Å²) in [6.45, 7) is 2.01. The minimum absolute atomic E-state index is 0.0316. The van der Waals surface area contributed by atoms with Crippen LogP contribution in [0.2, 0.25) is 0 Å². The van der Waals surface area contributed by atoms with Crippen molar-refractivity contribution in [3.05, 3.63) is 12.0 Å². The maximum atomic E-state index is 9.09. The summed E-state index contributed by atoms with van der Waals surface area (Å²) in [6.07, 6.45) is 2.38. The lowest BCUT2D eigenvalue weighted by Crippen LogP contribution is -2.06. The van der Waals surface area contributed by atoms with Gasteiger partial charge in [-0.15, -0.1) is 0 Å². The van der Waals surface area contributed by atoms with Gasteiger partial charge in [-0.3, -0.25) is 0 Å². The zero-order chi connectivity index (χ0) is 9.14. The van der Waals surface area contributed by atoms with Gasteiger partial charge in [0, 0.05) is 14.2 Å². The molecule has 1 rings (SSSR count).